The van der Waals surface area contributed by atoms with E-state index in [4.69, 9.17) is 9.52 Å². The first-order chi connectivity index (χ1) is 9.10. The Hall–Kier alpha value is -1.33. The molecule has 1 unspecified atom stereocenters. The Kier molecular flexibility index (Phi) is 6.59. The van der Waals surface area contributed by atoms with Gasteiger partial charge in [-0.3, -0.25) is 9.69 Å². The van der Waals surface area contributed by atoms with Crippen LogP contribution in [0.5, 0.6) is 0 Å². The van der Waals surface area contributed by atoms with Crippen LogP contribution in [-0.2, 0) is 6.54 Å². The second-order valence-corrected chi connectivity index (χ2v) is 4.61. The fourth-order valence-electron chi connectivity index (χ4n) is 1.81. The quantitative estimate of drug-likeness (QED) is 0.752. The first-order valence-electron chi connectivity index (χ1n) is 6.83. The molecule has 1 heterocycles. The second-order valence-electron chi connectivity index (χ2n) is 4.61. The van der Waals surface area contributed by atoms with Gasteiger partial charge in [0.25, 0.3) is 5.91 Å². The summed E-state index contributed by atoms with van der Waals surface area (Å²) in [5, 5.41) is 11.6. The fourth-order valence-corrected chi connectivity index (χ4v) is 1.81. The minimum atomic E-state index is -0.230. The van der Waals surface area contributed by atoms with E-state index in [1.165, 1.54) is 0 Å². The molecule has 19 heavy (non-hydrogen) atoms. The zero-order chi connectivity index (χ0) is 14.3. The third-order valence-electron chi connectivity index (χ3n) is 3.10. The molecule has 0 saturated carbocycles. The molecule has 0 bridgehead atoms. The van der Waals surface area contributed by atoms with Gasteiger partial charge in [0.15, 0.2) is 5.76 Å². The Bertz CT molecular complexity index is 386. The Morgan fingerprint density at radius 1 is 1.42 bits per heavy atom. The zero-order valence-electron chi connectivity index (χ0n) is 12.0. The normalized spacial score (nSPS) is 12.7. The van der Waals surface area contributed by atoms with E-state index < -0.39 is 0 Å². The fraction of sp³-hybridized carbons (Fsp3) is 0.643. The van der Waals surface area contributed by atoms with Crippen LogP contribution < -0.4 is 5.32 Å². The summed E-state index contributed by atoms with van der Waals surface area (Å²) in [6, 6.07) is 3.47. The average Bonchev–Trinajstić information content (AvgIpc) is 2.84. The summed E-state index contributed by atoms with van der Waals surface area (Å²) in [5.41, 5.74) is 0. The van der Waals surface area contributed by atoms with Crippen molar-refractivity contribution in [3.63, 3.8) is 0 Å². The molecule has 0 saturated heterocycles. The van der Waals surface area contributed by atoms with Gasteiger partial charge in [0.1, 0.15) is 5.76 Å². The Morgan fingerprint density at radius 2 is 2.11 bits per heavy atom. The van der Waals surface area contributed by atoms with Crippen molar-refractivity contribution in [2.24, 2.45) is 0 Å². The number of furan rings is 1. The van der Waals surface area contributed by atoms with E-state index in [1.807, 2.05) is 13.0 Å². The molecule has 0 aliphatic rings. The molecule has 1 aromatic rings. The maximum absolute atomic E-state index is 11.9. The van der Waals surface area contributed by atoms with Gasteiger partial charge in [0.2, 0.25) is 0 Å². The van der Waals surface area contributed by atoms with Crippen molar-refractivity contribution in [1.82, 2.24) is 10.2 Å². The number of hydrogen-bond acceptors (Lipinski definition) is 4. The summed E-state index contributed by atoms with van der Waals surface area (Å²) in [7, 11) is 0. The van der Waals surface area contributed by atoms with Crippen LogP contribution in [0.4, 0.5) is 0 Å². The van der Waals surface area contributed by atoms with Crippen molar-refractivity contribution in [3.05, 3.63) is 23.7 Å². The van der Waals surface area contributed by atoms with Crippen molar-refractivity contribution in [2.75, 3.05) is 19.7 Å². The molecule has 1 amide bonds. The monoisotopic (exact) mass is 268 g/mol. The van der Waals surface area contributed by atoms with Crippen LogP contribution >= 0.6 is 0 Å². The van der Waals surface area contributed by atoms with Crippen LogP contribution in [0.15, 0.2) is 16.5 Å². The molecular weight excluding hydrogens is 244 g/mol. The second kappa shape index (κ2) is 7.96. The molecular formula is C14H24N2O3. The summed E-state index contributed by atoms with van der Waals surface area (Å²) >= 11 is 0. The molecule has 2 N–H and O–H groups in total. The highest BCUT2D eigenvalue weighted by molar-refractivity contribution is 5.91. The third-order valence-corrected chi connectivity index (χ3v) is 3.10. The lowest BCUT2D eigenvalue weighted by molar-refractivity contribution is 0.0902. The predicted molar refractivity (Wildman–Crippen MR) is 74.0 cm³/mol. The summed E-state index contributed by atoms with van der Waals surface area (Å²) < 4.78 is 5.54. The molecule has 0 fully saturated rings. The van der Waals surface area contributed by atoms with E-state index in [0.717, 1.165) is 18.8 Å². The highest BCUT2D eigenvalue weighted by Gasteiger charge is 2.14. The molecule has 1 aromatic heterocycles. The number of carbonyl (C=O) groups is 1. The lowest BCUT2D eigenvalue weighted by atomic mass is 10.2. The standard InChI is InChI=1S/C14H24N2O3/c1-4-16(5-2)10-12-6-7-13(19-12)14(18)15-11(3)8-9-17/h6-7,11,17H,4-5,8-10H2,1-3H3,(H,15,18). The topological polar surface area (TPSA) is 65.7 Å². The van der Waals surface area contributed by atoms with Crippen molar-refractivity contribution in [1.29, 1.82) is 0 Å². The maximum atomic E-state index is 11.9. The van der Waals surface area contributed by atoms with Crippen LogP contribution in [0.3, 0.4) is 0 Å². The molecule has 0 aromatic carbocycles. The number of hydrogen-bond donors (Lipinski definition) is 2. The maximum Gasteiger partial charge on any atom is 0.287 e. The zero-order valence-corrected chi connectivity index (χ0v) is 12.0. The molecule has 5 nitrogen and oxygen atoms in total. The van der Waals surface area contributed by atoms with Crippen molar-refractivity contribution >= 4 is 5.91 Å². The number of nitrogens with one attached hydrogen (secondary N) is 1. The molecule has 108 valence electrons. The Balaban J connectivity index is 2.56. The van der Waals surface area contributed by atoms with E-state index in [1.54, 1.807) is 6.07 Å². The van der Waals surface area contributed by atoms with Gasteiger partial charge in [-0.2, -0.15) is 0 Å². The van der Waals surface area contributed by atoms with E-state index in [-0.39, 0.29) is 18.6 Å². The SMILES string of the molecule is CCN(CC)Cc1ccc(C(=O)NC(C)CCO)o1. The molecule has 5 heteroatoms. The van der Waals surface area contributed by atoms with Gasteiger partial charge < -0.3 is 14.8 Å². The average molecular weight is 268 g/mol. The van der Waals surface area contributed by atoms with Gasteiger partial charge >= 0.3 is 0 Å². The third kappa shape index (κ3) is 5.04. The molecule has 0 aliphatic heterocycles. The number of aliphatic hydroxyl groups excluding tert-OH is 1. The van der Waals surface area contributed by atoms with Gasteiger partial charge in [0.05, 0.1) is 6.54 Å². The lowest BCUT2D eigenvalue weighted by Crippen LogP contribution is -2.32. The minimum Gasteiger partial charge on any atom is -0.455 e. The van der Waals surface area contributed by atoms with E-state index in [9.17, 15) is 4.79 Å². The van der Waals surface area contributed by atoms with Gasteiger partial charge in [-0.05, 0) is 38.6 Å². The smallest absolute Gasteiger partial charge is 0.287 e. The van der Waals surface area contributed by atoms with Gasteiger partial charge in [-0.15, -0.1) is 0 Å². The van der Waals surface area contributed by atoms with Crippen LogP contribution in [0.25, 0.3) is 0 Å². The van der Waals surface area contributed by atoms with E-state index >= 15 is 0 Å². The highest BCUT2D eigenvalue weighted by Crippen LogP contribution is 2.11. The summed E-state index contributed by atoms with van der Waals surface area (Å²) in [5.74, 6) is 0.891. The van der Waals surface area contributed by atoms with Gasteiger partial charge in [0, 0.05) is 12.6 Å². The molecule has 0 spiro atoms. The highest BCUT2D eigenvalue weighted by atomic mass is 16.4. The predicted octanol–water partition coefficient (Wildman–Crippen LogP) is 1.62. The van der Waals surface area contributed by atoms with Crippen LogP contribution in [0.2, 0.25) is 0 Å². The number of rotatable bonds is 8. The van der Waals surface area contributed by atoms with E-state index in [0.29, 0.717) is 18.7 Å². The number of nitrogens with zero attached hydrogens (tertiary/aromatic N) is 1. The van der Waals surface area contributed by atoms with E-state index in [2.05, 4.69) is 24.1 Å². The van der Waals surface area contributed by atoms with Gasteiger partial charge in [-0.25, -0.2) is 0 Å². The molecule has 1 atom stereocenters. The van der Waals surface area contributed by atoms with Gasteiger partial charge in [-0.1, -0.05) is 13.8 Å². The summed E-state index contributed by atoms with van der Waals surface area (Å²) in [6.07, 6.45) is 0.540. The first kappa shape index (κ1) is 15.7. The van der Waals surface area contributed by atoms with Crippen LogP contribution in [0.1, 0.15) is 43.5 Å². The largest absolute Gasteiger partial charge is 0.455 e. The van der Waals surface area contributed by atoms with Crippen LogP contribution in [0, 0.1) is 0 Å². The molecule has 0 aliphatic carbocycles. The number of carbonyl (C=O) groups excluding carboxylic acids is 1. The molecule has 0 radical (unpaired) electrons. The Labute approximate surface area is 114 Å². The Morgan fingerprint density at radius 3 is 2.68 bits per heavy atom. The first-order valence-corrected chi connectivity index (χ1v) is 6.83. The number of aliphatic hydroxyl groups is 1. The van der Waals surface area contributed by atoms with Crippen molar-refractivity contribution in [3.8, 4) is 0 Å². The van der Waals surface area contributed by atoms with Crippen molar-refractivity contribution < 1.29 is 14.3 Å². The van der Waals surface area contributed by atoms with Crippen molar-refractivity contribution in [2.45, 2.75) is 39.8 Å². The van der Waals surface area contributed by atoms with Crippen LogP contribution in [-0.4, -0.2) is 41.7 Å². The minimum absolute atomic E-state index is 0.0613. The summed E-state index contributed by atoms with van der Waals surface area (Å²) in [6.45, 7) is 8.72. The number of amides is 1. The molecule has 1 rings (SSSR count). The summed E-state index contributed by atoms with van der Waals surface area (Å²) in [4.78, 5) is 14.1. The lowest BCUT2D eigenvalue weighted by Gasteiger charge is -2.15.